The summed E-state index contributed by atoms with van der Waals surface area (Å²) in [6.45, 7) is 3.96. The number of ether oxygens (including phenoxy) is 1. The second-order valence-corrected chi connectivity index (χ2v) is 4.74. The van der Waals surface area contributed by atoms with E-state index in [1.54, 1.807) is 12.1 Å². The van der Waals surface area contributed by atoms with Gasteiger partial charge >= 0.3 is 5.97 Å². The van der Waals surface area contributed by atoms with Crippen LogP contribution in [0.1, 0.15) is 16.7 Å². The van der Waals surface area contributed by atoms with Crippen molar-refractivity contribution in [3.8, 4) is 11.5 Å². The largest absolute Gasteiger partial charge is 0.478 e. The van der Waals surface area contributed by atoms with Gasteiger partial charge in [0.2, 0.25) is 0 Å². The van der Waals surface area contributed by atoms with Crippen LogP contribution in [0, 0.1) is 19.7 Å². The van der Waals surface area contributed by atoms with Gasteiger partial charge in [-0.1, -0.05) is 6.07 Å². The van der Waals surface area contributed by atoms with Crippen LogP contribution >= 0.6 is 0 Å². The molecule has 3 nitrogen and oxygen atoms in total. The van der Waals surface area contributed by atoms with E-state index in [-0.39, 0.29) is 0 Å². The van der Waals surface area contributed by atoms with E-state index in [1.165, 1.54) is 18.2 Å². The van der Waals surface area contributed by atoms with Crippen molar-refractivity contribution in [2.75, 3.05) is 0 Å². The molecule has 0 unspecified atom stereocenters. The predicted molar refractivity (Wildman–Crippen MR) is 79.1 cm³/mol. The van der Waals surface area contributed by atoms with Crippen molar-refractivity contribution in [3.05, 3.63) is 65.0 Å². The van der Waals surface area contributed by atoms with E-state index in [1.807, 2.05) is 26.0 Å². The summed E-state index contributed by atoms with van der Waals surface area (Å²) in [6.07, 6.45) is 2.27. The summed E-state index contributed by atoms with van der Waals surface area (Å²) < 4.78 is 19.2. The Morgan fingerprint density at radius 1 is 1.10 bits per heavy atom. The molecule has 2 aromatic carbocycles. The van der Waals surface area contributed by atoms with Gasteiger partial charge in [0.15, 0.2) is 0 Å². The zero-order chi connectivity index (χ0) is 15.4. The molecule has 0 bridgehead atoms. The molecule has 0 spiro atoms. The Morgan fingerprint density at radius 2 is 1.86 bits per heavy atom. The summed E-state index contributed by atoms with van der Waals surface area (Å²) in [6, 6.07) is 9.68. The molecule has 1 N–H and O–H groups in total. The molecule has 0 atom stereocenters. The number of rotatable bonds is 4. The summed E-state index contributed by atoms with van der Waals surface area (Å²) >= 11 is 0. The van der Waals surface area contributed by atoms with Crippen molar-refractivity contribution >= 4 is 12.0 Å². The molecule has 0 aliphatic heterocycles. The molecule has 0 saturated heterocycles. The molecular formula is C17H15FO3. The summed E-state index contributed by atoms with van der Waals surface area (Å²) in [5.41, 5.74) is 2.65. The molecule has 0 radical (unpaired) electrons. The van der Waals surface area contributed by atoms with Gasteiger partial charge in [-0.3, -0.25) is 0 Å². The fourth-order valence-corrected chi connectivity index (χ4v) is 1.82. The van der Waals surface area contributed by atoms with Gasteiger partial charge < -0.3 is 9.84 Å². The lowest BCUT2D eigenvalue weighted by atomic mass is 10.1. The maximum Gasteiger partial charge on any atom is 0.328 e. The van der Waals surface area contributed by atoms with Gasteiger partial charge in [-0.25, -0.2) is 9.18 Å². The predicted octanol–water partition coefficient (Wildman–Crippen LogP) is 4.33. The Balaban J connectivity index is 2.27. The molecule has 0 saturated carbocycles. The molecule has 21 heavy (non-hydrogen) atoms. The van der Waals surface area contributed by atoms with Crippen molar-refractivity contribution < 1.29 is 19.0 Å². The first-order valence-corrected chi connectivity index (χ1v) is 6.41. The van der Waals surface area contributed by atoms with Crippen LogP contribution in [-0.2, 0) is 4.79 Å². The van der Waals surface area contributed by atoms with E-state index in [9.17, 15) is 9.18 Å². The second-order valence-electron chi connectivity index (χ2n) is 4.74. The van der Waals surface area contributed by atoms with Gasteiger partial charge in [0.05, 0.1) is 0 Å². The van der Waals surface area contributed by atoms with E-state index in [0.717, 1.165) is 17.2 Å². The van der Waals surface area contributed by atoms with Gasteiger partial charge in [-0.05, 0) is 60.9 Å². The first kappa shape index (κ1) is 14.8. The molecule has 0 aromatic heterocycles. The number of carbonyl (C=O) groups is 1. The Bertz CT molecular complexity index is 705. The fourth-order valence-electron chi connectivity index (χ4n) is 1.82. The van der Waals surface area contributed by atoms with Crippen LogP contribution in [0.25, 0.3) is 6.08 Å². The third-order valence-electron chi connectivity index (χ3n) is 3.03. The summed E-state index contributed by atoms with van der Waals surface area (Å²) in [5, 5.41) is 8.59. The molecule has 108 valence electrons. The third kappa shape index (κ3) is 4.18. The summed E-state index contributed by atoms with van der Waals surface area (Å²) in [4.78, 5) is 10.5. The SMILES string of the molecule is Cc1ccc(Oc2cc(F)cc(/C=C/C(=O)O)c2)cc1C. The molecule has 2 rings (SSSR count). The summed E-state index contributed by atoms with van der Waals surface area (Å²) in [5.74, 6) is -0.641. The fraction of sp³-hybridized carbons (Fsp3) is 0.118. The smallest absolute Gasteiger partial charge is 0.328 e. The minimum atomic E-state index is -1.09. The second kappa shape index (κ2) is 6.22. The molecule has 2 aromatic rings. The van der Waals surface area contributed by atoms with Gasteiger partial charge in [0.1, 0.15) is 17.3 Å². The molecule has 0 aliphatic carbocycles. The standard InChI is InChI=1S/C17H15FO3/c1-11-3-5-15(7-12(11)2)21-16-9-13(4-6-17(19)20)8-14(18)10-16/h3-10H,1-2H3,(H,19,20)/b6-4+. The topological polar surface area (TPSA) is 46.5 Å². The Morgan fingerprint density at radius 3 is 2.52 bits per heavy atom. The molecule has 0 amide bonds. The number of aryl methyl sites for hydroxylation is 2. The van der Waals surface area contributed by atoms with Gasteiger partial charge in [-0.2, -0.15) is 0 Å². The number of carboxylic acids is 1. The average molecular weight is 286 g/mol. The van der Waals surface area contributed by atoms with E-state index in [2.05, 4.69) is 0 Å². The van der Waals surface area contributed by atoms with Crippen LogP contribution in [0.15, 0.2) is 42.5 Å². The minimum Gasteiger partial charge on any atom is -0.478 e. The lowest BCUT2D eigenvalue weighted by Crippen LogP contribution is -1.90. The van der Waals surface area contributed by atoms with Crippen molar-refractivity contribution in [2.24, 2.45) is 0 Å². The zero-order valence-corrected chi connectivity index (χ0v) is 11.8. The monoisotopic (exact) mass is 286 g/mol. The number of hydrogen-bond acceptors (Lipinski definition) is 2. The van der Waals surface area contributed by atoms with Crippen molar-refractivity contribution in [1.29, 1.82) is 0 Å². The highest BCUT2D eigenvalue weighted by Crippen LogP contribution is 2.25. The van der Waals surface area contributed by atoms with Crippen molar-refractivity contribution in [1.82, 2.24) is 0 Å². The number of carboxylic acid groups (broad SMARTS) is 1. The third-order valence-corrected chi connectivity index (χ3v) is 3.03. The number of hydrogen-bond donors (Lipinski definition) is 1. The van der Waals surface area contributed by atoms with Crippen LogP contribution in [-0.4, -0.2) is 11.1 Å². The van der Waals surface area contributed by atoms with Gasteiger partial charge in [-0.15, -0.1) is 0 Å². The number of aliphatic carboxylic acids is 1. The highest BCUT2D eigenvalue weighted by Gasteiger charge is 2.03. The van der Waals surface area contributed by atoms with Crippen LogP contribution in [0.5, 0.6) is 11.5 Å². The van der Waals surface area contributed by atoms with Crippen molar-refractivity contribution in [2.45, 2.75) is 13.8 Å². The quantitative estimate of drug-likeness (QED) is 0.851. The molecular weight excluding hydrogens is 271 g/mol. The first-order chi connectivity index (χ1) is 9.94. The van der Waals surface area contributed by atoms with Crippen LogP contribution < -0.4 is 4.74 Å². The maximum absolute atomic E-state index is 13.5. The highest BCUT2D eigenvalue weighted by atomic mass is 19.1. The lowest BCUT2D eigenvalue weighted by Gasteiger charge is -2.09. The highest BCUT2D eigenvalue weighted by molar-refractivity contribution is 5.85. The molecule has 0 fully saturated rings. The van der Waals surface area contributed by atoms with E-state index < -0.39 is 11.8 Å². The molecule has 4 heteroatoms. The molecule has 0 heterocycles. The number of benzene rings is 2. The Hall–Kier alpha value is -2.62. The average Bonchev–Trinajstić information content (AvgIpc) is 2.40. The maximum atomic E-state index is 13.5. The Kier molecular flexibility index (Phi) is 4.38. The van der Waals surface area contributed by atoms with E-state index >= 15 is 0 Å². The summed E-state index contributed by atoms with van der Waals surface area (Å²) in [7, 11) is 0. The lowest BCUT2D eigenvalue weighted by molar-refractivity contribution is -0.131. The molecule has 0 aliphatic rings. The van der Waals surface area contributed by atoms with Gasteiger partial charge in [0.25, 0.3) is 0 Å². The van der Waals surface area contributed by atoms with Gasteiger partial charge in [0, 0.05) is 12.1 Å². The van der Waals surface area contributed by atoms with E-state index in [4.69, 9.17) is 9.84 Å². The van der Waals surface area contributed by atoms with E-state index in [0.29, 0.717) is 17.1 Å². The minimum absolute atomic E-state index is 0.322. The van der Waals surface area contributed by atoms with Crippen LogP contribution in [0.2, 0.25) is 0 Å². The number of halogens is 1. The zero-order valence-electron chi connectivity index (χ0n) is 11.8. The Labute approximate surface area is 122 Å². The van der Waals surface area contributed by atoms with Crippen LogP contribution in [0.3, 0.4) is 0 Å². The van der Waals surface area contributed by atoms with Crippen LogP contribution in [0.4, 0.5) is 4.39 Å². The normalized spacial score (nSPS) is 10.8. The first-order valence-electron chi connectivity index (χ1n) is 6.41. The van der Waals surface area contributed by atoms with Crippen molar-refractivity contribution in [3.63, 3.8) is 0 Å².